The monoisotopic (exact) mass is 414 g/mol. The molecule has 3 rings (SSSR count). The number of rotatable bonds is 5. The zero-order valence-corrected chi connectivity index (χ0v) is 18.3. The second-order valence-corrected chi connectivity index (χ2v) is 8.57. The molecule has 2 N–H and O–H groups in total. The van der Waals surface area contributed by atoms with Crippen LogP contribution in [0.15, 0.2) is 12.3 Å². The number of ether oxygens (including phenoxy) is 1. The Hall–Kier alpha value is -2.83. The lowest BCUT2D eigenvalue weighted by molar-refractivity contribution is -0.137. The van der Waals surface area contributed by atoms with E-state index in [0.29, 0.717) is 18.8 Å². The average molecular weight is 415 g/mol. The molecular weight excluding hydrogens is 384 g/mol. The summed E-state index contributed by atoms with van der Waals surface area (Å²) < 4.78 is 6.33. The number of allylic oxidation sites excluding steroid dienone is 1. The highest BCUT2D eigenvalue weighted by Crippen LogP contribution is 2.43. The Balaban J connectivity index is 1.59. The number of carbonyl (C=O) groups is 3. The quantitative estimate of drug-likeness (QED) is 0.718. The van der Waals surface area contributed by atoms with Gasteiger partial charge in [0, 0.05) is 30.8 Å². The zero-order valence-electron chi connectivity index (χ0n) is 18.3. The summed E-state index contributed by atoms with van der Waals surface area (Å²) in [5.74, 6) is 0.0474. The van der Waals surface area contributed by atoms with Crippen LogP contribution in [0.2, 0.25) is 0 Å². The van der Waals surface area contributed by atoms with E-state index >= 15 is 0 Å². The minimum atomic E-state index is -0.545. The largest absolute Gasteiger partial charge is 0.507 e. The van der Waals surface area contributed by atoms with Crippen molar-refractivity contribution < 1.29 is 24.2 Å². The molecule has 0 aromatic heterocycles. The Labute approximate surface area is 177 Å². The molecule has 0 radical (unpaired) electrons. The van der Waals surface area contributed by atoms with Gasteiger partial charge in [-0.15, -0.1) is 0 Å². The third kappa shape index (κ3) is 4.06. The predicted molar refractivity (Wildman–Crippen MR) is 113 cm³/mol. The van der Waals surface area contributed by atoms with Gasteiger partial charge in [-0.05, 0) is 64.2 Å². The molecule has 2 heterocycles. The summed E-state index contributed by atoms with van der Waals surface area (Å²) in [6.45, 7) is 10.1. The lowest BCUT2D eigenvalue weighted by Crippen LogP contribution is -2.48. The van der Waals surface area contributed by atoms with Crippen LogP contribution in [0.4, 0.5) is 0 Å². The summed E-state index contributed by atoms with van der Waals surface area (Å²) in [5, 5.41) is 13.2. The first-order valence-electron chi connectivity index (χ1n) is 10.3. The van der Waals surface area contributed by atoms with Crippen molar-refractivity contribution in [2.45, 2.75) is 65.5 Å². The fourth-order valence-corrected chi connectivity index (χ4v) is 4.02. The number of phenolic OH excluding ortho intramolecular Hbond substituents is 1. The highest BCUT2D eigenvalue weighted by atomic mass is 16.5. The van der Waals surface area contributed by atoms with E-state index in [1.807, 2.05) is 27.7 Å². The second kappa shape index (κ2) is 8.13. The minimum Gasteiger partial charge on any atom is -0.507 e. The molecule has 0 spiro atoms. The van der Waals surface area contributed by atoms with Gasteiger partial charge in [0.1, 0.15) is 17.1 Å². The Kier molecular flexibility index (Phi) is 5.92. The summed E-state index contributed by atoms with van der Waals surface area (Å²) in [6.07, 6.45) is 4.54. The standard InChI is InChI=1S/C23H30N2O5/c1-13-14(2)22-17(15(3)20(13)28)6-9-23(5,30-22)12-24-19(27)8-11-25-10-7-18(26)21(29)16(25)4/h7,10,16,28H,6,8-9,11-12H2,1-5H3,(H,24,27). The first kappa shape index (κ1) is 21.9. The molecule has 0 saturated carbocycles. The number of fused-ring (bicyclic) bond motifs is 1. The minimum absolute atomic E-state index is 0.134. The maximum atomic E-state index is 12.4. The van der Waals surface area contributed by atoms with E-state index in [1.165, 1.54) is 6.08 Å². The van der Waals surface area contributed by atoms with Crippen molar-refractivity contribution >= 4 is 17.5 Å². The van der Waals surface area contributed by atoms with Crippen LogP contribution in [-0.4, -0.2) is 52.2 Å². The van der Waals surface area contributed by atoms with E-state index < -0.39 is 23.2 Å². The van der Waals surface area contributed by atoms with Crippen LogP contribution in [-0.2, 0) is 20.8 Å². The van der Waals surface area contributed by atoms with E-state index in [0.717, 1.165) is 40.8 Å². The van der Waals surface area contributed by atoms with Crippen molar-refractivity contribution in [1.29, 1.82) is 0 Å². The summed E-state index contributed by atoms with van der Waals surface area (Å²) in [6, 6.07) is -0.545. The van der Waals surface area contributed by atoms with Crippen LogP contribution in [0.1, 0.15) is 48.9 Å². The van der Waals surface area contributed by atoms with E-state index in [2.05, 4.69) is 5.32 Å². The predicted octanol–water partition coefficient (Wildman–Crippen LogP) is 2.26. The van der Waals surface area contributed by atoms with Crippen LogP contribution < -0.4 is 10.1 Å². The summed E-state index contributed by atoms with van der Waals surface area (Å²) in [5.41, 5.74) is 3.09. The highest BCUT2D eigenvalue weighted by Gasteiger charge is 2.35. The molecule has 1 aromatic carbocycles. The van der Waals surface area contributed by atoms with Gasteiger partial charge in [-0.3, -0.25) is 14.4 Å². The van der Waals surface area contributed by atoms with Gasteiger partial charge in [-0.25, -0.2) is 0 Å². The third-order valence-electron chi connectivity index (χ3n) is 6.39. The van der Waals surface area contributed by atoms with Crippen molar-refractivity contribution in [2.24, 2.45) is 0 Å². The molecule has 7 heteroatoms. The summed E-state index contributed by atoms with van der Waals surface area (Å²) in [7, 11) is 0. The molecule has 162 valence electrons. The maximum absolute atomic E-state index is 12.4. The van der Waals surface area contributed by atoms with Crippen molar-refractivity contribution in [3.05, 3.63) is 34.5 Å². The van der Waals surface area contributed by atoms with Crippen LogP contribution in [0.5, 0.6) is 11.5 Å². The number of hydrogen-bond acceptors (Lipinski definition) is 6. The molecule has 2 unspecified atom stereocenters. The zero-order chi connectivity index (χ0) is 22.2. The molecule has 7 nitrogen and oxygen atoms in total. The van der Waals surface area contributed by atoms with E-state index in [4.69, 9.17) is 4.74 Å². The molecule has 30 heavy (non-hydrogen) atoms. The third-order valence-corrected chi connectivity index (χ3v) is 6.39. The van der Waals surface area contributed by atoms with Crippen molar-refractivity contribution in [3.8, 4) is 11.5 Å². The van der Waals surface area contributed by atoms with Crippen molar-refractivity contribution in [3.63, 3.8) is 0 Å². The van der Waals surface area contributed by atoms with Crippen molar-refractivity contribution in [1.82, 2.24) is 10.2 Å². The molecule has 2 aliphatic heterocycles. The molecule has 0 fully saturated rings. The van der Waals surface area contributed by atoms with Gasteiger partial charge < -0.3 is 20.1 Å². The number of aromatic hydroxyl groups is 1. The summed E-state index contributed by atoms with van der Waals surface area (Å²) >= 11 is 0. The number of ketones is 2. The fourth-order valence-electron chi connectivity index (χ4n) is 4.02. The molecule has 1 amide bonds. The van der Waals surface area contributed by atoms with Gasteiger partial charge in [0.05, 0.1) is 12.6 Å². The first-order chi connectivity index (χ1) is 14.0. The number of hydrogen-bond donors (Lipinski definition) is 2. The Morgan fingerprint density at radius 1 is 1.27 bits per heavy atom. The van der Waals surface area contributed by atoms with Gasteiger partial charge in [0.25, 0.3) is 0 Å². The maximum Gasteiger partial charge on any atom is 0.225 e. The molecule has 0 bridgehead atoms. The number of phenols is 1. The lowest BCUT2D eigenvalue weighted by Gasteiger charge is -2.38. The molecular formula is C23H30N2O5. The SMILES string of the molecule is Cc1c(C)c2c(c(C)c1O)CCC(C)(CNC(=O)CCN1C=CC(=O)C(=O)C1C)O2. The van der Waals surface area contributed by atoms with Crippen molar-refractivity contribution in [2.75, 3.05) is 13.1 Å². The number of nitrogens with zero attached hydrogens (tertiary/aromatic N) is 1. The van der Waals surface area contributed by atoms with Crippen LogP contribution >= 0.6 is 0 Å². The molecule has 2 aliphatic rings. The molecule has 0 aliphatic carbocycles. The average Bonchev–Trinajstić information content (AvgIpc) is 2.72. The smallest absolute Gasteiger partial charge is 0.225 e. The normalized spacial score (nSPS) is 23.2. The van der Waals surface area contributed by atoms with Gasteiger partial charge in [0.2, 0.25) is 17.5 Å². The second-order valence-electron chi connectivity index (χ2n) is 8.57. The van der Waals surface area contributed by atoms with E-state index in [1.54, 1.807) is 18.0 Å². The van der Waals surface area contributed by atoms with Crippen LogP contribution in [0.3, 0.4) is 0 Å². The Bertz CT molecular complexity index is 936. The number of Topliss-reactive ketones (excluding diaryl/α,β-unsaturated/α-hetero) is 1. The highest BCUT2D eigenvalue weighted by molar-refractivity contribution is 6.43. The Morgan fingerprint density at radius 2 is 1.97 bits per heavy atom. The molecule has 1 aromatic rings. The van der Waals surface area contributed by atoms with Gasteiger partial charge in [-0.2, -0.15) is 0 Å². The topological polar surface area (TPSA) is 95.9 Å². The van der Waals surface area contributed by atoms with E-state index in [9.17, 15) is 19.5 Å². The van der Waals surface area contributed by atoms with Gasteiger partial charge in [0.15, 0.2) is 0 Å². The molecule has 0 saturated heterocycles. The van der Waals surface area contributed by atoms with E-state index in [-0.39, 0.29) is 12.3 Å². The summed E-state index contributed by atoms with van der Waals surface area (Å²) in [4.78, 5) is 37.3. The fraction of sp³-hybridized carbons (Fsp3) is 0.522. The van der Waals surface area contributed by atoms with Gasteiger partial charge >= 0.3 is 0 Å². The van der Waals surface area contributed by atoms with Crippen LogP contribution in [0.25, 0.3) is 0 Å². The Morgan fingerprint density at radius 3 is 2.67 bits per heavy atom. The number of carbonyl (C=O) groups excluding carboxylic acids is 3. The number of amides is 1. The molecule has 2 atom stereocenters. The lowest BCUT2D eigenvalue weighted by atomic mass is 9.87. The number of nitrogens with one attached hydrogen (secondary N) is 1. The van der Waals surface area contributed by atoms with Crippen LogP contribution in [0, 0.1) is 20.8 Å². The number of benzene rings is 1. The first-order valence-corrected chi connectivity index (χ1v) is 10.3. The van der Waals surface area contributed by atoms with Gasteiger partial charge in [-0.1, -0.05) is 0 Å².